The van der Waals surface area contributed by atoms with E-state index in [2.05, 4.69) is 16.6 Å². The van der Waals surface area contributed by atoms with Crippen molar-refractivity contribution in [3.05, 3.63) is 11.5 Å². The van der Waals surface area contributed by atoms with E-state index in [4.69, 9.17) is 16.6 Å². The van der Waals surface area contributed by atoms with Crippen LogP contribution in [0.2, 0.25) is 0 Å². The lowest BCUT2D eigenvalue weighted by Gasteiger charge is -2.23. The molecular formula is C16H25ClN4. The monoisotopic (exact) mass is 308 g/mol. The molecule has 2 heterocycles. The van der Waals surface area contributed by atoms with E-state index in [0.717, 1.165) is 29.1 Å². The highest BCUT2D eigenvalue weighted by molar-refractivity contribution is 6.16. The second-order valence-electron chi connectivity index (χ2n) is 6.13. The summed E-state index contributed by atoms with van der Waals surface area (Å²) in [4.78, 5) is 4.80. The van der Waals surface area contributed by atoms with Crippen LogP contribution in [-0.4, -0.2) is 19.3 Å². The van der Waals surface area contributed by atoms with Crippen molar-refractivity contribution in [2.24, 2.45) is 7.05 Å². The third-order valence-corrected chi connectivity index (χ3v) is 4.94. The first-order valence-corrected chi connectivity index (χ1v) is 8.78. The third kappa shape index (κ3) is 2.70. The number of fused-ring (bicyclic) bond motifs is 1. The van der Waals surface area contributed by atoms with Gasteiger partial charge in [0.15, 0.2) is 5.65 Å². The first-order chi connectivity index (χ1) is 10.3. The van der Waals surface area contributed by atoms with Crippen molar-refractivity contribution >= 4 is 22.8 Å². The van der Waals surface area contributed by atoms with Crippen LogP contribution in [0.25, 0.3) is 11.2 Å². The molecule has 1 saturated carbocycles. The Labute approximate surface area is 131 Å². The maximum Gasteiger partial charge on any atom is 0.158 e. The molecule has 0 bridgehead atoms. The summed E-state index contributed by atoms with van der Waals surface area (Å²) in [5.41, 5.74) is 3.30. The van der Waals surface area contributed by atoms with Crippen LogP contribution in [0.1, 0.15) is 69.4 Å². The molecule has 2 aromatic heterocycles. The van der Waals surface area contributed by atoms with Gasteiger partial charge in [0.1, 0.15) is 11.3 Å². The van der Waals surface area contributed by atoms with E-state index in [1.54, 1.807) is 0 Å². The van der Waals surface area contributed by atoms with Gasteiger partial charge in [0.25, 0.3) is 0 Å². The lowest BCUT2D eigenvalue weighted by molar-refractivity contribution is 0.369. The summed E-state index contributed by atoms with van der Waals surface area (Å²) < 4.78 is 4.38. The van der Waals surface area contributed by atoms with Crippen molar-refractivity contribution < 1.29 is 0 Å². The minimum absolute atomic E-state index is 0.480. The van der Waals surface area contributed by atoms with E-state index in [1.165, 1.54) is 44.9 Å². The topological polar surface area (TPSA) is 35.6 Å². The van der Waals surface area contributed by atoms with Gasteiger partial charge >= 0.3 is 0 Å². The van der Waals surface area contributed by atoms with Crippen LogP contribution in [0, 0.1) is 0 Å². The lowest BCUT2D eigenvalue weighted by atomic mass is 9.96. The van der Waals surface area contributed by atoms with Crippen molar-refractivity contribution in [3.8, 4) is 0 Å². The van der Waals surface area contributed by atoms with E-state index < -0.39 is 0 Å². The number of alkyl halides is 1. The van der Waals surface area contributed by atoms with Gasteiger partial charge in [-0.05, 0) is 19.3 Å². The maximum absolute atomic E-state index is 6.19. The van der Waals surface area contributed by atoms with Crippen molar-refractivity contribution in [2.45, 2.75) is 70.2 Å². The molecule has 0 saturated heterocycles. The Kier molecular flexibility index (Phi) is 4.53. The number of aromatic nitrogens is 4. The van der Waals surface area contributed by atoms with E-state index in [-0.39, 0.29) is 0 Å². The molecule has 4 nitrogen and oxygen atoms in total. The predicted molar refractivity (Wildman–Crippen MR) is 86.8 cm³/mol. The van der Waals surface area contributed by atoms with Crippen LogP contribution < -0.4 is 0 Å². The fraction of sp³-hybridized carbons (Fsp3) is 0.750. The number of aryl methyl sites for hydroxylation is 2. The van der Waals surface area contributed by atoms with Crippen LogP contribution in [0.5, 0.6) is 0 Å². The van der Waals surface area contributed by atoms with E-state index in [0.29, 0.717) is 11.9 Å². The Balaban J connectivity index is 2.08. The van der Waals surface area contributed by atoms with Gasteiger partial charge in [0.2, 0.25) is 0 Å². The summed E-state index contributed by atoms with van der Waals surface area (Å²) in [6.07, 6.45) is 10.1. The van der Waals surface area contributed by atoms with Crippen molar-refractivity contribution in [1.29, 1.82) is 0 Å². The van der Waals surface area contributed by atoms with Crippen molar-refractivity contribution in [1.82, 2.24) is 19.3 Å². The van der Waals surface area contributed by atoms with Gasteiger partial charge in [-0.15, -0.1) is 11.6 Å². The van der Waals surface area contributed by atoms with Gasteiger partial charge < -0.3 is 4.57 Å². The van der Waals surface area contributed by atoms with Crippen molar-refractivity contribution in [2.75, 3.05) is 0 Å². The summed E-state index contributed by atoms with van der Waals surface area (Å²) in [5, 5.41) is 4.63. The normalized spacial score (nSPS) is 18.0. The van der Waals surface area contributed by atoms with Gasteiger partial charge in [0, 0.05) is 13.1 Å². The largest absolute Gasteiger partial charge is 0.309 e. The minimum atomic E-state index is 0.480. The molecular weight excluding hydrogens is 284 g/mol. The van der Waals surface area contributed by atoms with Crippen molar-refractivity contribution in [3.63, 3.8) is 0 Å². The number of hydrogen-bond donors (Lipinski definition) is 0. The molecule has 1 aliphatic rings. The Bertz CT molecular complexity index is 605. The standard InChI is InChI=1S/C16H25ClN4/c1-3-13-15-16(20(2)19-13)21(14(11-17)18-15)12-9-7-5-4-6-8-10-12/h12H,3-11H2,1-2H3. The van der Waals surface area contributed by atoms with E-state index in [9.17, 15) is 0 Å². The number of halogens is 1. The molecule has 0 amide bonds. The second kappa shape index (κ2) is 6.39. The van der Waals surface area contributed by atoms with Crippen LogP contribution >= 0.6 is 11.6 Å². The van der Waals surface area contributed by atoms with Gasteiger partial charge in [0.05, 0.1) is 11.6 Å². The molecule has 0 N–H and O–H groups in total. The van der Waals surface area contributed by atoms with Gasteiger partial charge in [-0.1, -0.05) is 39.0 Å². The SMILES string of the molecule is CCc1nn(C)c2c1nc(CCl)n2C1CCCCCCC1. The lowest BCUT2D eigenvalue weighted by Crippen LogP contribution is -2.15. The summed E-state index contributed by atoms with van der Waals surface area (Å²) in [5.74, 6) is 1.49. The Morgan fingerprint density at radius 2 is 1.81 bits per heavy atom. The average Bonchev–Trinajstić information content (AvgIpc) is 2.97. The zero-order valence-electron chi connectivity index (χ0n) is 13.1. The summed E-state index contributed by atoms with van der Waals surface area (Å²) >= 11 is 6.19. The van der Waals surface area contributed by atoms with Gasteiger partial charge in [-0.25, -0.2) is 4.98 Å². The third-order valence-electron chi connectivity index (χ3n) is 4.70. The fourth-order valence-corrected chi connectivity index (χ4v) is 3.85. The molecule has 5 heteroatoms. The minimum Gasteiger partial charge on any atom is -0.309 e. The predicted octanol–water partition coefficient (Wildman–Crippen LogP) is 4.36. The van der Waals surface area contributed by atoms with E-state index >= 15 is 0 Å². The maximum atomic E-state index is 6.19. The molecule has 116 valence electrons. The molecule has 0 aromatic carbocycles. The number of nitrogens with zero attached hydrogens (tertiary/aromatic N) is 4. The molecule has 0 radical (unpaired) electrons. The Morgan fingerprint density at radius 3 is 2.43 bits per heavy atom. The van der Waals surface area contributed by atoms with Crippen LogP contribution in [0.15, 0.2) is 0 Å². The van der Waals surface area contributed by atoms with E-state index in [1.807, 2.05) is 11.7 Å². The molecule has 0 spiro atoms. The smallest absolute Gasteiger partial charge is 0.158 e. The van der Waals surface area contributed by atoms with Crippen LogP contribution in [-0.2, 0) is 19.3 Å². The summed E-state index contributed by atoms with van der Waals surface area (Å²) in [6.45, 7) is 2.14. The second-order valence-corrected chi connectivity index (χ2v) is 6.39. The number of rotatable bonds is 3. The number of imidazole rings is 1. The Morgan fingerprint density at radius 1 is 1.14 bits per heavy atom. The summed E-state index contributed by atoms with van der Waals surface area (Å²) in [7, 11) is 2.03. The molecule has 0 atom stereocenters. The van der Waals surface area contributed by atoms with Crippen LogP contribution in [0.3, 0.4) is 0 Å². The van der Waals surface area contributed by atoms with Gasteiger partial charge in [-0.2, -0.15) is 5.10 Å². The molecule has 3 rings (SSSR count). The molecule has 0 aliphatic heterocycles. The number of hydrogen-bond acceptors (Lipinski definition) is 2. The molecule has 21 heavy (non-hydrogen) atoms. The van der Waals surface area contributed by atoms with Crippen LogP contribution in [0.4, 0.5) is 0 Å². The first kappa shape index (κ1) is 14.9. The Hall–Kier alpha value is -1.03. The quantitative estimate of drug-likeness (QED) is 0.790. The highest BCUT2D eigenvalue weighted by Crippen LogP contribution is 2.32. The molecule has 0 unspecified atom stereocenters. The molecule has 1 fully saturated rings. The fourth-order valence-electron chi connectivity index (χ4n) is 3.66. The van der Waals surface area contributed by atoms with Gasteiger partial charge in [-0.3, -0.25) is 4.68 Å². The molecule has 1 aliphatic carbocycles. The summed E-state index contributed by atoms with van der Waals surface area (Å²) in [6, 6.07) is 0.532. The average molecular weight is 309 g/mol. The highest BCUT2D eigenvalue weighted by atomic mass is 35.5. The first-order valence-electron chi connectivity index (χ1n) is 8.25. The highest BCUT2D eigenvalue weighted by Gasteiger charge is 2.23. The molecule has 2 aromatic rings. The zero-order valence-corrected chi connectivity index (χ0v) is 13.9. The zero-order chi connectivity index (χ0) is 14.8.